The Kier molecular flexibility index (Phi) is 3.96. The van der Waals surface area contributed by atoms with Crippen LogP contribution >= 0.6 is 0 Å². The molecular formula is C13H20N6O3. The van der Waals surface area contributed by atoms with Gasteiger partial charge < -0.3 is 25.2 Å². The maximum atomic E-state index is 10.5. The number of anilines is 1. The first-order chi connectivity index (χ1) is 10.6. The van der Waals surface area contributed by atoms with Crippen molar-refractivity contribution in [1.29, 1.82) is 0 Å². The van der Waals surface area contributed by atoms with Gasteiger partial charge in [0.1, 0.15) is 18.5 Å². The smallest absolute Gasteiger partial charge is 0.167 e. The highest BCUT2D eigenvalue weighted by Crippen LogP contribution is 2.32. The molecule has 1 fully saturated rings. The minimum atomic E-state index is -0.822. The number of nitrogens with zero attached hydrogens (tertiary/aromatic N) is 5. The van der Waals surface area contributed by atoms with E-state index in [0.717, 1.165) is 0 Å². The van der Waals surface area contributed by atoms with Crippen molar-refractivity contribution in [1.82, 2.24) is 24.8 Å². The van der Waals surface area contributed by atoms with Crippen molar-refractivity contribution in [3.8, 4) is 0 Å². The molecule has 9 nitrogen and oxygen atoms in total. The normalized spacial score (nSPS) is 28.4. The maximum absolute atomic E-state index is 10.5. The van der Waals surface area contributed by atoms with E-state index in [1.807, 2.05) is 19.0 Å². The van der Waals surface area contributed by atoms with Crippen LogP contribution < -0.4 is 10.2 Å². The first-order valence-corrected chi connectivity index (χ1v) is 7.05. The average molecular weight is 308 g/mol. The summed E-state index contributed by atoms with van der Waals surface area (Å²) in [7, 11) is 5.47. The van der Waals surface area contributed by atoms with E-state index in [1.54, 1.807) is 17.9 Å². The number of fused-ring (bicyclic) bond motifs is 1. The van der Waals surface area contributed by atoms with Crippen LogP contribution in [0.3, 0.4) is 0 Å². The summed E-state index contributed by atoms with van der Waals surface area (Å²) in [6.07, 6.45) is 1.06. The van der Waals surface area contributed by atoms with E-state index in [-0.39, 0.29) is 12.6 Å². The monoisotopic (exact) mass is 308 g/mol. The molecule has 1 aliphatic rings. The van der Waals surface area contributed by atoms with Crippen molar-refractivity contribution in [3.63, 3.8) is 0 Å². The third-order valence-corrected chi connectivity index (χ3v) is 3.93. The topological polar surface area (TPSA) is 109 Å². The standard InChI is InChI=1S/C13H20N6O3/c1-14-8-7(4-20)22-13(10(8)21)19-6-17-9-11(18(2)3)15-5-16-12(9)19/h5-8,10,13-14,20-21H,4H2,1-3H3/t7-,8-,10-,13-/m1/s1. The highest BCUT2D eigenvalue weighted by Gasteiger charge is 2.44. The molecule has 0 aliphatic carbocycles. The van der Waals surface area contributed by atoms with Crippen molar-refractivity contribution in [2.75, 3.05) is 32.6 Å². The lowest BCUT2D eigenvalue weighted by atomic mass is 10.1. The van der Waals surface area contributed by atoms with Gasteiger partial charge in [0.25, 0.3) is 0 Å². The van der Waals surface area contributed by atoms with Crippen LogP contribution in [0.5, 0.6) is 0 Å². The lowest BCUT2D eigenvalue weighted by molar-refractivity contribution is -0.0489. The summed E-state index contributed by atoms with van der Waals surface area (Å²) in [5, 5.41) is 22.8. The summed E-state index contributed by atoms with van der Waals surface area (Å²) in [5.74, 6) is 0.695. The number of aliphatic hydroxyl groups is 2. The second-order valence-corrected chi connectivity index (χ2v) is 5.47. The Morgan fingerprint density at radius 2 is 2.14 bits per heavy atom. The van der Waals surface area contributed by atoms with Gasteiger partial charge in [-0.3, -0.25) is 4.57 Å². The largest absolute Gasteiger partial charge is 0.394 e. The van der Waals surface area contributed by atoms with Gasteiger partial charge >= 0.3 is 0 Å². The molecule has 0 saturated carbocycles. The van der Waals surface area contributed by atoms with Gasteiger partial charge in [0.05, 0.1) is 19.0 Å². The van der Waals surface area contributed by atoms with E-state index in [0.29, 0.717) is 17.0 Å². The SMILES string of the molecule is CN[C@H]1[C@@H](O)[C@H](n2cnc3c(N(C)C)ncnc32)O[C@@H]1CO. The highest BCUT2D eigenvalue weighted by molar-refractivity contribution is 5.83. The summed E-state index contributed by atoms with van der Waals surface area (Å²) in [6.45, 7) is -0.177. The summed E-state index contributed by atoms with van der Waals surface area (Å²) in [5.41, 5.74) is 1.22. The van der Waals surface area contributed by atoms with Crippen LogP contribution in [-0.2, 0) is 4.74 Å². The molecule has 0 amide bonds. The number of imidazole rings is 1. The van der Waals surface area contributed by atoms with Gasteiger partial charge in [-0.15, -0.1) is 0 Å². The molecule has 120 valence electrons. The molecule has 3 rings (SSSR count). The number of aromatic nitrogens is 4. The lowest BCUT2D eigenvalue weighted by Gasteiger charge is -2.18. The van der Waals surface area contributed by atoms with Crippen LogP contribution in [0.4, 0.5) is 5.82 Å². The molecule has 0 bridgehead atoms. The molecule has 2 aromatic heterocycles. The molecule has 9 heteroatoms. The van der Waals surface area contributed by atoms with E-state index in [4.69, 9.17) is 4.74 Å². The zero-order valence-electron chi connectivity index (χ0n) is 12.7. The molecule has 22 heavy (non-hydrogen) atoms. The molecule has 2 aromatic rings. The third-order valence-electron chi connectivity index (χ3n) is 3.93. The number of hydrogen-bond acceptors (Lipinski definition) is 8. The minimum Gasteiger partial charge on any atom is -0.394 e. The Morgan fingerprint density at radius 1 is 1.36 bits per heavy atom. The second kappa shape index (κ2) is 5.76. The lowest BCUT2D eigenvalue weighted by Crippen LogP contribution is -2.43. The summed E-state index contributed by atoms with van der Waals surface area (Å²) in [6, 6.07) is -0.359. The van der Waals surface area contributed by atoms with E-state index in [2.05, 4.69) is 20.3 Å². The molecule has 0 spiro atoms. The highest BCUT2D eigenvalue weighted by atomic mass is 16.5. The Bertz CT molecular complexity index is 660. The molecule has 4 atom stereocenters. The Balaban J connectivity index is 2.03. The van der Waals surface area contributed by atoms with Crippen molar-refractivity contribution >= 4 is 17.0 Å². The number of ether oxygens (including phenoxy) is 1. The van der Waals surface area contributed by atoms with Gasteiger partial charge in [-0.2, -0.15) is 0 Å². The zero-order valence-corrected chi connectivity index (χ0v) is 12.7. The van der Waals surface area contributed by atoms with Gasteiger partial charge in [-0.05, 0) is 7.05 Å². The van der Waals surface area contributed by atoms with E-state index in [9.17, 15) is 10.2 Å². The fourth-order valence-corrected chi connectivity index (χ4v) is 2.84. The molecule has 0 aromatic carbocycles. The quantitative estimate of drug-likeness (QED) is 0.642. The van der Waals surface area contributed by atoms with Crippen molar-refractivity contribution in [2.24, 2.45) is 0 Å². The molecule has 0 radical (unpaired) electrons. The van der Waals surface area contributed by atoms with Crippen LogP contribution in [0, 0.1) is 0 Å². The predicted octanol–water partition coefficient (Wildman–Crippen LogP) is -1.27. The Hall–Kier alpha value is -1.81. The van der Waals surface area contributed by atoms with E-state index < -0.39 is 18.4 Å². The average Bonchev–Trinajstić information content (AvgIpc) is 3.07. The summed E-state index contributed by atoms with van der Waals surface area (Å²) >= 11 is 0. The zero-order chi connectivity index (χ0) is 15.9. The fraction of sp³-hybridized carbons (Fsp3) is 0.615. The van der Waals surface area contributed by atoms with Crippen LogP contribution in [0.25, 0.3) is 11.2 Å². The van der Waals surface area contributed by atoms with E-state index in [1.165, 1.54) is 6.33 Å². The Labute approximate surface area is 127 Å². The molecule has 0 unspecified atom stereocenters. The number of hydrogen-bond donors (Lipinski definition) is 3. The molecule has 1 aliphatic heterocycles. The van der Waals surface area contributed by atoms with Crippen LogP contribution in [0.2, 0.25) is 0 Å². The first-order valence-electron chi connectivity index (χ1n) is 7.05. The summed E-state index contributed by atoms with van der Waals surface area (Å²) in [4.78, 5) is 14.7. The Morgan fingerprint density at radius 3 is 2.73 bits per heavy atom. The number of likely N-dealkylation sites (N-methyl/N-ethyl adjacent to an activating group) is 1. The van der Waals surface area contributed by atoms with Gasteiger partial charge in [-0.1, -0.05) is 0 Å². The number of rotatable bonds is 4. The fourth-order valence-electron chi connectivity index (χ4n) is 2.84. The minimum absolute atomic E-state index is 0.177. The predicted molar refractivity (Wildman–Crippen MR) is 79.5 cm³/mol. The molecular weight excluding hydrogens is 288 g/mol. The van der Waals surface area contributed by atoms with Crippen LogP contribution in [0.1, 0.15) is 6.23 Å². The molecule has 3 N–H and O–H groups in total. The second-order valence-electron chi connectivity index (χ2n) is 5.47. The van der Waals surface area contributed by atoms with Crippen molar-refractivity contribution in [3.05, 3.63) is 12.7 Å². The van der Waals surface area contributed by atoms with Crippen LogP contribution in [0.15, 0.2) is 12.7 Å². The summed E-state index contributed by atoms with van der Waals surface area (Å²) < 4.78 is 7.44. The number of nitrogens with one attached hydrogen (secondary N) is 1. The number of aliphatic hydroxyl groups excluding tert-OH is 2. The van der Waals surface area contributed by atoms with E-state index >= 15 is 0 Å². The van der Waals surface area contributed by atoms with Crippen molar-refractivity contribution < 1.29 is 14.9 Å². The molecule has 3 heterocycles. The van der Waals surface area contributed by atoms with Crippen LogP contribution in [-0.4, -0.2) is 75.7 Å². The third kappa shape index (κ3) is 2.22. The first kappa shape index (κ1) is 15.1. The maximum Gasteiger partial charge on any atom is 0.167 e. The van der Waals surface area contributed by atoms with Gasteiger partial charge in [-0.25, -0.2) is 15.0 Å². The molecule has 1 saturated heterocycles. The van der Waals surface area contributed by atoms with Gasteiger partial charge in [0.15, 0.2) is 23.2 Å². The van der Waals surface area contributed by atoms with Crippen molar-refractivity contribution in [2.45, 2.75) is 24.5 Å². The van der Waals surface area contributed by atoms with Gasteiger partial charge in [0.2, 0.25) is 0 Å². The van der Waals surface area contributed by atoms with Gasteiger partial charge in [0, 0.05) is 14.1 Å².